The van der Waals surface area contributed by atoms with E-state index in [9.17, 15) is 14.4 Å². The molecule has 0 atom stereocenters. The Hall–Kier alpha value is -3.48. The molecule has 0 bridgehead atoms. The summed E-state index contributed by atoms with van der Waals surface area (Å²) >= 11 is 0. The molecule has 7 nitrogen and oxygen atoms in total. The molecule has 2 N–H and O–H groups in total. The Balaban J connectivity index is 1.81. The van der Waals surface area contributed by atoms with E-state index in [4.69, 9.17) is 4.74 Å². The number of carbonyl (C=O) groups is 1. The number of nitrogens with one attached hydrogen (secondary N) is 2. The number of nitrogens with zero attached hydrogens (tertiary/aromatic N) is 1. The largest absolute Gasteiger partial charge is 0.497 e. The molecule has 0 aliphatic heterocycles. The fourth-order valence-electron chi connectivity index (χ4n) is 2.28. The van der Waals surface area contributed by atoms with Crippen molar-refractivity contribution in [3.63, 3.8) is 0 Å². The average molecular weight is 323 g/mol. The maximum Gasteiger partial charge on any atom is 0.339 e. The molecule has 2 amide bonds. The number of hydrogen-bond donors (Lipinski definition) is 2. The average Bonchev–Trinajstić information content (AvgIpc) is 2.85. The monoisotopic (exact) mass is 323 g/mol. The molecular formula is C17H13N3O4. The van der Waals surface area contributed by atoms with Gasteiger partial charge in [-0.05, 0) is 24.3 Å². The number of fused-ring (bicyclic) bond motifs is 1. The highest BCUT2D eigenvalue weighted by Gasteiger charge is 2.10. The zero-order valence-corrected chi connectivity index (χ0v) is 12.7. The van der Waals surface area contributed by atoms with Crippen molar-refractivity contribution >= 4 is 22.5 Å². The second kappa shape index (κ2) is 6.33. The van der Waals surface area contributed by atoms with Crippen molar-refractivity contribution in [3.8, 4) is 5.75 Å². The topological polar surface area (TPSA) is 96.9 Å². The second-order valence-corrected chi connectivity index (χ2v) is 4.96. The Kier molecular flexibility index (Phi) is 4.07. The Bertz CT molecular complexity index is 998. The molecule has 0 fully saturated rings. The van der Waals surface area contributed by atoms with Crippen molar-refractivity contribution in [1.29, 1.82) is 0 Å². The lowest BCUT2D eigenvalue weighted by Crippen LogP contribution is -2.36. The molecule has 0 spiro atoms. The highest BCUT2D eigenvalue weighted by molar-refractivity contribution is 5.89. The van der Waals surface area contributed by atoms with Crippen LogP contribution in [0.5, 0.6) is 5.75 Å². The number of rotatable bonds is 3. The lowest BCUT2D eigenvalue weighted by Gasteiger charge is -2.04. The van der Waals surface area contributed by atoms with Crippen LogP contribution in [-0.4, -0.2) is 13.1 Å². The summed E-state index contributed by atoms with van der Waals surface area (Å²) in [6.45, 7) is 0. The first-order valence-corrected chi connectivity index (χ1v) is 7.07. The van der Waals surface area contributed by atoms with Gasteiger partial charge in [-0.25, -0.2) is 10.2 Å². The molecule has 0 heterocycles. The first kappa shape index (κ1) is 15.4. The zero-order chi connectivity index (χ0) is 17.1. The smallest absolute Gasteiger partial charge is 0.339 e. The van der Waals surface area contributed by atoms with Crippen LogP contribution in [0.4, 0.5) is 10.5 Å². The number of carbonyl (C=O) groups excluding carboxylic acids is 1. The van der Waals surface area contributed by atoms with Gasteiger partial charge in [0.15, 0.2) is 5.36 Å². The Morgan fingerprint density at radius 2 is 1.54 bits per heavy atom. The molecule has 3 rings (SSSR count). The van der Waals surface area contributed by atoms with E-state index in [1.165, 1.54) is 0 Å². The van der Waals surface area contributed by atoms with Crippen molar-refractivity contribution in [3.05, 3.63) is 74.3 Å². The second-order valence-electron chi connectivity index (χ2n) is 4.96. The summed E-state index contributed by atoms with van der Waals surface area (Å²) in [5, 5.41) is 6.47. The van der Waals surface area contributed by atoms with Crippen LogP contribution in [0.15, 0.2) is 63.2 Å². The van der Waals surface area contributed by atoms with E-state index >= 15 is 0 Å². The fraction of sp³-hybridized carbons (Fsp3) is 0.0588. The van der Waals surface area contributed by atoms with Crippen LogP contribution < -0.4 is 31.7 Å². The van der Waals surface area contributed by atoms with Gasteiger partial charge in [-0.15, -0.1) is 0 Å². The third-order valence-electron chi connectivity index (χ3n) is 3.46. The predicted molar refractivity (Wildman–Crippen MR) is 89.6 cm³/mol. The molecule has 24 heavy (non-hydrogen) atoms. The first-order valence-electron chi connectivity index (χ1n) is 7.07. The molecule has 0 aromatic heterocycles. The number of ether oxygens (including phenoxy) is 1. The van der Waals surface area contributed by atoms with Gasteiger partial charge < -0.3 is 10.1 Å². The summed E-state index contributed by atoms with van der Waals surface area (Å²) < 4.78 is 5.02. The lowest BCUT2D eigenvalue weighted by atomic mass is 10.2. The third kappa shape index (κ3) is 2.87. The first-order chi connectivity index (χ1) is 11.6. The van der Waals surface area contributed by atoms with Crippen LogP contribution in [0.2, 0.25) is 0 Å². The predicted octanol–water partition coefficient (Wildman–Crippen LogP) is 1.08. The number of methoxy groups -OCH3 is 1. The van der Waals surface area contributed by atoms with Gasteiger partial charge in [0, 0.05) is 16.5 Å². The van der Waals surface area contributed by atoms with Crippen LogP contribution in [0.3, 0.4) is 0 Å². The van der Waals surface area contributed by atoms with Crippen molar-refractivity contribution in [2.75, 3.05) is 12.4 Å². The molecule has 0 saturated heterocycles. The van der Waals surface area contributed by atoms with Gasteiger partial charge in [-0.1, -0.05) is 24.3 Å². The minimum atomic E-state index is -0.663. The summed E-state index contributed by atoms with van der Waals surface area (Å²) in [6, 6.07) is 12.4. The molecule has 0 aliphatic rings. The van der Waals surface area contributed by atoms with Crippen LogP contribution in [0.1, 0.15) is 0 Å². The van der Waals surface area contributed by atoms with E-state index in [0.29, 0.717) is 22.2 Å². The molecule has 7 heteroatoms. The van der Waals surface area contributed by atoms with Crippen LogP contribution in [0.25, 0.3) is 10.8 Å². The van der Waals surface area contributed by atoms with E-state index in [1.54, 1.807) is 55.6 Å². The van der Waals surface area contributed by atoms with Gasteiger partial charge in [-0.2, -0.15) is 5.10 Å². The molecule has 0 saturated carbocycles. The summed E-state index contributed by atoms with van der Waals surface area (Å²) in [5.41, 5.74) is 1.68. The fourth-order valence-corrected chi connectivity index (χ4v) is 2.28. The number of hydrogen-bond acceptors (Lipinski definition) is 5. The minimum Gasteiger partial charge on any atom is -0.497 e. The van der Waals surface area contributed by atoms with Gasteiger partial charge in [0.1, 0.15) is 5.75 Å². The third-order valence-corrected chi connectivity index (χ3v) is 3.46. The SMILES string of the molecule is COc1ccc(NC(=O)NN=c2c(=O)c3ccccc3c2=O)cc1. The van der Waals surface area contributed by atoms with Crippen molar-refractivity contribution in [2.45, 2.75) is 0 Å². The summed E-state index contributed by atoms with van der Waals surface area (Å²) in [6.07, 6.45) is 0. The lowest BCUT2D eigenvalue weighted by molar-refractivity contribution is 0.252. The molecule has 3 aromatic rings. The van der Waals surface area contributed by atoms with Gasteiger partial charge in [0.2, 0.25) is 10.9 Å². The highest BCUT2D eigenvalue weighted by atomic mass is 16.5. The molecule has 120 valence electrons. The highest BCUT2D eigenvalue weighted by Crippen LogP contribution is 2.14. The van der Waals surface area contributed by atoms with E-state index in [1.807, 2.05) is 0 Å². The van der Waals surface area contributed by atoms with Crippen LogP contribution in [0, 0.1) is 0 Å². The molecule has 0 aliphatic carbocycles. The van der Waals surface area contributed by atoms with Crippen LogP contribution >= 0.6 is 0 Å². The Morgan fingerprint density at radius 1 is 0.958 bits per heavy atom. The Labute approximate surface area is 135 Å². The zero-order valence-electron chi connectivity index (χ0n) is 12.7. The summed E-state index contributed by atoms with van der Waals surface area (Å²) in [4.78, 5) is 36.0. The normalized spacial score (nSPS) is 10.4. The van der Waals surface area contributed by atoms with E-state index in [2.05, 4.69) is 15.8 Å². The maximum absolute atomic E-state index is 12.1. The maximum atomic E-state index is 12.1. The Morgan fingerprint density at radius 3 is 2.08 bits per heavy atom. The summed E-state index contributed by atoms with van der Waals surface area (Å²) in [5.74, 6) is 0.654. The van der Waals surface area contributed by atoms with Gasteiger partial charge in [0.25, 0.3) is 0 Å². The molecule has 0 radical (unpaired) electrons. The summed E-state index contributed by atoms with van der Waals surface area (Å²) in [7, 11) is 1.54. The number of benzene rings is 2. The minimum absolute atomic E-state index is 0.290. The van der Waals surface area contributed by atoms with E-state index in [-0.39, 0.29) is 5.36 Å². The van der Waals surface area contributed by atoms with Crippen molar-refractivity contribution in [1.82, 2.24) is 5.43 Å². The molecular weight excluding hydrogens is 310 g/mol. The number of anilines is 1. The van der Waals surface area contributed by atoms with Crippen molar-refractivity contribution < 1.29 is 9.53 Å². The molecule has 0 unspecified atom stereocenters. The standard InChI is InChI=1S/C17H13N3O4/c1-24-11-8-6-10(7-9-11)18-17(23)20-19-14-15(21)12-4-2-3-5-13(12)16(14)22/h2-9H,1H3,(H2,18,20,23). The van der Waals surface area contributed by atoms with E-state index < -0.39 is 16.9 Å². The molecule has 3 aromatic carbocycles. The number of urea groups is 1. The van der Waals surface area contributed by atoms with Gasteiger partial charge in [-0.3, -0.25) is 9.59 Å². The van der Waals surface area contributed by atoms with Crippen LogP contribution in [-0.2, 0) is 0 Å². The van der Waals surface area contributed by atoms with Gasteiger partial charge in [0.05, 0.1) is 7.11 Å². The van der Waals surface area contributed by atoms with E-state index in [0.717, 1.165) is 0 Å². The quantitative estimate of drug-likeness (QED) is 0.705. The number of amides is 2. The van der Waals surface area contributed by atoms with Crippen molar-refractivity contribution in [2.24, 2.45) is 5.10 Å². The van der Waals surface area contributed by atoms with Gasteiger partial charge >= 0.3 is 6.03 Å².